The van der Waals surface area contributed by atoms with Crippen LogP contribution in [0, 0.1) is 5.92 Å². The number of benzene rings is 1. The van der Waals surface area contributed by atoms with E-state index in [0.29, 0.717) is 0 Å². The number of amides is 2. The first-order chi connectivity index (χ1) is 9.99. The predicted molar refractivity (Wildman–Crippen MR) is 82.7 cm³/mol. The van der Waals surface area contributed by atoms with Gasteiger partial charge in [0, 0.05) is 6.92 Å². The van der Waals surface area contributed by atoms with Crippen molar-refractivity contribution in [2.24, 2.45) is 5.92 Å². The molecule has 1 aromatic carbocycles. The summed E-state index contributed by atoms with van der Waals surface area (Å²) in [5.41, 5.74) is 2.53. The molecule has 0 heterocycles. The molecule has 2 N–H and O–H groups in total. The van der Waals surface area contributed by atoms with Gasteiger partial charge in [-0.3, -0.25) is 9.59 Å². The molecule has 0 saturated carbocycles. The van der Waals surface area contributed by atoms with Gasteiger partial charge >= 0.3 is 0 Å². The molecule has 2 amide bonds. The van der Waals surface area contributed by atoms with E-state index >= 15 is 0 Å². The van der Waals surface area contributed by atoms with Crippen LogP contribution in [0.1, 0.15) is 50.8 Å². The third kappa shape index (κ3) is 3.84. The number of hydrogen-bond donors (Lipinski definition) is 2. The molecule has 4 heteroatoms. The Hall–Kier alpha value is -1.84. The Morgan fingerprint density at radius 3 is 2.62 bits per heavy atom. The molecule has 0 fully saturated rings. The van der Waals surface area contributed by atoms with Gasteiger partial charge in [-0.25, -0.2) is 0 Å². The van der Waals surface area contributed by atoms with Crippen LogP contribution in [0.5, 0.6) is 0 Å². The monoisotopic (exact) mass is 288 g/mol. The predicted octanol–water partition coefficient (Wildman–Crippen LogP) is 2.34. The Morgan fingerprint density at radius 1 is 1.24 bits per heavy atom. The first-order valence-corrected chi connectivity index (χ1v) is 7.64. The van der Waals surface area contributed by atoms with E-state index in [2.05, 4.69) is 22.8 Å². The van der Waals surface area contributed by atoms with E-state index in [1.54, 1.807) is 0 Å². The van der Waals surface area contributed by atoms with Crippen LogP contribution in [0.3, 0.4) is 0 Å². The Bertz CT molecular complexity index is 525. The van der Waals surface area contributed by atoms with Crippen molar-refractivity contribution in [2.75, 3.05) is 0 Å². The van der Waals surface area contributed by atoms with Crippen molar-refractivity contribution in [3.63, 3.8) is 0 Å². The molecule has 1 aliphatic carbocycles. The summed E-state index contributed by atoms with van der Waals surface area (Å²) in [7, 11) is 0. The molecule has 21 heavy (non-hydrogen) atoms. The molecular formula is C17H24N2O2. The highest BCUT2D eigenvalue weighted by atomic mass is 16.2. The molecule has 0 spiro atoms. The van der Waals surface area contributed by atoms with Gasteiger partial charge in [0.15, 0.2) is 0 Å². The minimum atomic E-state index is -0.475. The second-order valence-electron chi connectivity index (χ2n) is 6.07. The molecule has 0 saturated heterocycles. The molecule has 0 bridgehead atoms. The summed E-state index contributed by atoms with van der Waals surface area (Å²) in [6.07, 6.45) is 3.10. The molecular weight excluding hydrogens is 264 g/mol. The summed E-state index contributed by atoms with van der Waals surface area (Å²) in [5.74, 6) is -0.206. The molecule has 4 nitrogen and oxygen atoms in total. The lowest BCUT2D eigenvalue weighted by Gasteiger charge is -2.29. The van der Waals surface area contributed by atoms with Gasteiger partial charge in [-0.05, 0) is 36.3 Å². The van der Waals surface area contributed by atoms with Gasteiger partial charge in [0.1, 0.15) is 6.04 Å². The molecule has 1 aliphatic rings. The summed E-state index contributed by atoms with van der Waals surface area (Å²) < 4.78 is 0. The SMILES string of the molecule is CC(=O)N[C@@H](C(=O)N[C@@H]1CCCc2ccccc21)C(C)C. The van der Waals surface area contributed by atoms with E-state index < -0.39 is 6.04 Å². The van der Waals surface area contributed by atoms with E-state index in [-0.39, 0.29) is 23.8 Å². The molecule has 0 aromatic heterocycles. The topological polar surface area (TPSA) is 58.2 Å². The van der Waals surface area contributed by atoms with E-state index in [1.807, 2.05) is 26.0 Å². The zero-order chi connectivity index (χ0) is 15.4. The summed E-state index contributed by atoms with van der Waals surface area (Å²) in [4.78, 5) is 23.7. The number of nitrogens with one attached hydrogen (secondary N) is 2. The fourth-order valence-corrected chi connectivity index (χ4v) is 2.92. The highest BCUT2D eigenvalue weighted by Crippen LogP contribution is 2.29. The molecule has 0 unspecified atom stereocenters. The molecule has 1 aromatic rings. The second-order valence-corrected chi connectivity index (χ2v) is 6.07. The smallest absolute Gasteiger partial charge is 0.243 e. The minimum Gasteiger partial charge on any atom is -0.347 e. The lowest BCUT2D eigenvalue weighted by molar-refractivity contribution is -0.129. The number of carbonyl (C=O) groups is 2. The van der Waals surface area contributed by atoms with Gasteiger partial charge in [-0.1, -0.05) is 38.1 Å². The number of aryl methyl sites for hydroxylation is 1. The van der Waals surface area contributed by atoms with Gasteiger partial charge in [0.2, 0.25) is 11.8 Å². The highest BCUT2D eigenvalue weighted by Gasteiger charge is 2.27. The maximum absolute atomic E-state index is 12.5. The van der Waals surface area contributed by atoms with E-state index in [9.17, 15) is 9.59 Å². The maximum Gasteiger partial charge on any atom is 0.243 e. The van der Waals surface area contributed by atoms with Gasteiger partial charge in [0.05, 0.1) is 6.04 Å². The van der Waals surface area contributed by atoms with E-state index in [4.69, 9.17) is 0 Å². The van der Waals surface area contributed by atoms with Crippen molar-refractivity contribution in [1.29, 1.82) is 0 Å². The van der Waals surface area contributed by atoms with Crippen molar-refractivity contribution >= 4 is 11.8 Å². The van der Waals surface area contributed by atoms with E-state index in [1.165, 1.54) is 18.1 Å². The van der Waals surface area contributed by atoms with Crippen LogP contribution >= 0.6 is 0 Å². The number of rotatable bonds is 4. The first-order valence-electron chi connectivity index (χ1n) is 7.64. The van der Waals surface area contributed by atoms with Crippen molar-refractivity contribution < 1.29 is 9.59 Å². The van der Waals surface area contributed by atoms with Crippen molar-refractivity contribution in [3.8, 4) is 0 Å². The maximum atomic E-state index is 12.5. The van der Waals surface area contributed by atoms with Crippen LogP contribution in [0.4, 0.5) is 0 Å². The largest absolute Gasteiger partial charge is 0.347 e. The van der Waals surface area contributed by atoms with Crippen LogP contribution < -0.4 is 10.6 Å². The molecule has 2 atom stereocenters. The zero-order valence-corrected chi connectivity index (χ0v) is 13.0. The lowest BCUT2D eigenvalue weighted by Crippen LogP contribution is -2.50. The van der Waals surface area contributed by atoms with Crippen LogP contribution in [0.15, 0.2) is 24.3 Å². The Kier molecular flexibility index (Phi) is 4.99. The van der Waals surface area contributed by atoms with Crippen LogP contribution in [-0.4, -0.2) is 17.9 Å². The minimum absolute atomic E-state index is 0.0532. The summed E-state index contributed by atoms with van der Waals surface area (Å²) in [6.45, 7) is 5.32. The molecule has 0 radical (unpaired) electrons. The van der Waals surface area contributed by atoms with Crippen LogP contribution in [0.2, 0.25) is 0 Å². The van der Waals surface area contributed by atoms with E-state index in [0.717, 1.165) is 19.3 Å². The zero-order valence-electron chi connectivity index (χ0n) is 13.0. The van der Waals surface area contributed by atoms with Gasteiger partial charge in [-0.2, -0.15) is 0 Å². The third-order valence-electron chi connectivity index (χ3n) is 3.99. The van der Waals surface area contributed by atoms with Crippen LogP contribution in [-0.2, 0) is 16.0 Å². The fourth-order valence-electron chi connectivity index (χ4n) is 2.92. The third-order valence-corrected chi connectivity index (χ3v) is 3.99. The standard InChI is InChI=1S/C17H24N2O2/c1-11(2)16(18-12(3)20)17(21)19-15-10-6-8-13-7-4-5-9-14(13)15/h4-5,7,9,11,15-16H,6,8,10H2,1-3H3,(H,18,20)(H,19,21)/t15-,16-/m1/s1. The number of fused-ring (bicyclic) bond motifs is 1. The fraction of sp³-hybridized carbons (Fsp3) is 0.529. The quantitative estimate of drug-likeness (QED) is 0.893. The average molecular weight is 288 g/mol. The van der Waals surface area contributed by atoms with Crippen molar-refractivity contribution in [1.82, 2.24) is 10.6 Å². The van der Waals surface area contributed by atoms with Crippen molar-refractivity contribution in [3.05, 3.63) is 35.4 Å². The molecule has 114 valence electrons. The molecule has 2 rings (SSSR count). The Labute approximate surface area is 126 Å². The number of hydrogen-bond acceptors (Lipinski definition) is 2. The number of carbonyl (C=O) groups excluding carboxylic acids is 2. The van der Waals surface area contributed by atoms with Gasteiger partial charge < -0.3 is 10.6 Å². The second kappa shape index (κ2) is 6.74. The lowest BCUT2D eigenvalue weighted by atomic mass is 9.87. The van der Waals surface area contributed by atoms with Gasteiger partial charge in [-0.15, -0.1) is 0 Å². The average Bonchev–Trinajstić information content (AvgIpc) is 2.44. The first kappa shape index (κ1) is 15.5. The molecule has 0 aliphatic heterocycles. The summed E-state index contributed by atoms with van der Waals surface area (Å²) >= 11 is 0. The summed E-state index contributed by atoms with van der Waals surface area (Å²) in [6, 6.07) is 7.84. The Morgan fingerprint density at radius 2 is 1.95 bits per heavy atom. The normalized spacial score (nSPS) is 18.8. The van der Waals surface area contributed by atoms with Crippen molar-refractivity contribution in [2.45, 2.75) is 52.1 Å². The Balaban J connectivity index is 2.10. The highest BCUT2D eigenvalue weighted by molar-refractivity contribution is 5.87. The summed E-state index contributed by atoms with van der Waals surface area (Å²) in [5, 5.41) is 5.85. The van der Waals surface area contributed by atoms with Gasteiger partial charge in [0.25, 0.3) is 0 Å². The van der Waals surface area contributed by atoms with Crippen LogP contribution in [0.25, 0.3) is 0 Å².